The van der Waals surface area contributed by atoms with Gasteiger partial charge in [0.25, 0.3) is 0 Å². The number of carbonyl (C=O) groups excluding carboxylic acids is 1. The summed E-state index contributed by atoms with van der Waals surface area (Å²) in [5.41, 5.74) is -0.978. The van der Waals surface area contributed by atoms with E-state index in [0.29, 0.717) is 25.3 Å². The van der Waals surface area contributed by atoms with Crippen molar-refractivity contribution in [3.05, 3.63) is 0 Å². The van der Waals surface area contributed by atoms with Gasteiger partial charge in [-0.25, -0.2) is 9.59 Å². The first kappa shape index (κ1) is 15.1. The van der Waals surface area contributed by atoms with Crippen molar-refractivity contribution in [2.24, 2.45) is 5.92 Å². The molecule has 1 saturated heterocycles. The topological polar surface area (TPSA) is 69.6 Å². The van der Waals surface area contributed by atoms with Crippen LogP contribution in [0.15, 0.2) is 0 Å². The monoisotopic (exact) mass is 282 g/mol. The molecule has 0 radical (unpaired) electrons. The zero-order valence-corrected chi connectivity index (χ0v) is 12.5. The summed E-state index contributed by atoms with van der Waals surface area (Å²) in [6.45, 7) is 4.68. The second-order valence-electron chi connectivity index (χ2n) is 6.18. The molecule has 0 aromatic carbocycles. The lowest BCUT2D eigenvalue weighted by Gasteiger charge is -2.34. The number of likely N-dealkylation sites (tertiary alicyclic amines) is 1. The predicted molar refractivity (Wildman–Crippen MR) is 76.5 cm³/mol. The van der Waals surface area contributed by atoms with E-state index in [1.165, 1.54) is 0 Å². The van der Waals surface area contributed by atoms with Gasteiger partial charge >= 0.3 is 12.0 Å². The minimum atomic E-state index is -0.978. The van der Waals surface area contributed by atoms with Crippen LogP contribution >= 0.6 is 0 Å². The van der Waals surface area contributed by atoms with Crippen LogP contribution < -0.4 is 5.32 Å². The summed E-state index contributed by atoms with van der Waals surface area (Å²) < 4.78 is 0. The van der Waals surface area contributed by atoms with Crippen molar-refractivity contribution in [1.29, 1.82) is 0 Å². The van der Waals surface area contributed by atoms with E-state index in [1.807, 2.05) is 6.92 Å². The fraction of sp³-hybridized carbons (Fsp3) is 0.867. The van der Waals surface area contributed by atoms with E-state index in [9.17, 15) is 14.7 Å². The van der Waals surface area contributed by atoms with Gasteiger partial charge in [-0.15, -0.1) is 0 Å². The van der Waals surface area contributed by atoms with E-state index in [4.69, 9.17) is 0 Å². The van der Waals surface area contributed by atoms with Gasteiger partial charge in [-0.3, -0.25) is 0 Å². The fourth-order valence-electron chi connectivity index (χ4n) is 3.53. The van der Waals surface area contributed by atoms with E-state index >= 15 is 0 Å². The number of hydrogen-bond acceptors (Lipinski definition) is 2. The number of nitrogens with one attached hydrogen (secondary N) is 1. The Morgan fingerprint density at radius 3 is 2.70 bits per heavy atom. The molecular formula is C15H26N2O3. The van der Waals surface area contributed by atoms with Gasteiger partial charge in [-0.2, -0.15) is 0 Å². The molecule has 0 aromatic heterocycles. The number of hydrogen-bond donors (Lipinski definition) is 2. The molecule has 1 heterocycles. The van der Waals surface area contributed by atoms with Crippen molar-refractivity contribution in [1.82, 2.24) is 10.2 Å². The predicted octanol–water partition coefficient (Wildman–Crippen LogP) is 2.60. The van der Waals surface area contributed by atoms with Crippen LogP contribution in [0.2, 0.25) is 0 Å². The van der Waals surface area contributed by atoms with Crippen LogP contribution in [0.25, 0.3) is 0 Å². The molecule has 1 aliphatic heterocycles. The maximum atomic E-state index is 12.4. The fourth-order valence-corrected chi connectivity index (χ4v) is 3.53. The standard InChI is InChI=1S/C15H26N2O3/c1-3-6-11-10-12(11)16-14(20)17-9-5-8-15(17,7-4-2)13(18)19/h11-12H,3-10H2,1-2H3,(H,16,20)(H,18,19). The number of carboxylic acid groups (broad SMARTS) is 1. The van der Waals surface area contributed by atoms with Crippen LogP contribution in [0, 0.1) is 5.92 Å². The second-order valence-corrected chi connectivity index (χ2v) is 6.18. The zero-order valence-electron chi connectivity index (χ0n) is 12.5. The van der Waals surface area contributed by atoms with Crippen molar-refractivity contribution in [3.8, 4) is 0 Å². The highest BCUT2D eigenvalue weighted by Gasteiger charge is 2.50. The molecule has 3 unspecified atom stereocenters. The largest absolute Gasteiger partial charge is 0.479 e. The number of amides is 2. The van der Waals surface area contributed by atoms with E-state index in [0.717, 1.165) is 32.1 Å². The Labute approximate surface area is 120 Å². The third-order valence-corrected chi connectivity index (χ3v) is 4.69. The van der Waals surface area contributed by atoms with Gasteiger partial charge in [0.05, 0.1) is 0 Å². The van der Waals surface area contributed by atoms with Crippen LogP contribution in [-0.4, -0.2) is 40.1 Å². The lowest BCUT2D eigenvalue weighted by molar-refractivity contribution is -0.148. The van der Waals surface area contributed by atoms with Gasteiger partial charge in [0.15, 0.2) is 0 Å². The molecule has 2 rings (SSSR count). The molecule has 1 aliphatic carbocycles. The van der Waals surface area contributed by atoms with Crippen molar-refractivity contribution < 1.29 is 14.7 Å². The summed E-state index contributed by atoms with van der Waals surface area (Å²) in [6.07, 6.45) is 5.99. The van der Waals surface area contributed by atoms with Gasteiger partial charge in [-0.1, -0.05) is 26.7 Å². The lowest BCUT2D eigenvalue weighted by atomic mass is 9.91. The van der Waals surface area contributed by atoms with Crippen molar-refractivity contribution >= 4 is 12.0 Å². The molecule has 1 saturated carbocycles. The summed E-state index contributed by atoms with van der Waals surface area (Å²) >= 11 is 0. The average molecular weight is 282 g/mol. The maximum absolute atomic E-state index is 12.4. The highest BCUT2D eigenvalue weighted by molar-refractivity contribution is 5.87. The minimum Gasteiger partial charge on any atom is -0.479 e. The molecule has 114 valence electrons. The highest BCUT2D eigenvalue weighted by Crippen LogP contribution is 2.37. The highest BCUT2D eigenvalue weighted by atomic mass is 16.4. The van der Waals surface area contributed by atoms with Crippen molar-refractivity contribution in [3.63, 3.8) is 0 Å². The minimum absolute atomic E-state index is 0.179. The molecule has 20 heavy (non-hydrogen) atoms. The number of carbonyl (C=O) groups is 2. The van der Waals surface area contributed by atoms with Crippen LogP contribution in [0.5, 0.6) is 0 Å². The van der Waals surface area contributed by atoms with Gasteiger partial charge in [-0.05, 0) is 38.0 Å². The van der Waals surface area contributed by atoms with Crippen LogP contribution in [0.3, 0.4) is 0 Å². The van der Waals surface area contributed by atoms with E-state index in [1.54, 1.807) is 4.90 Å². The second kappa shape index (κ2) is 6.02. The number of rotatable bonds is 6. The molecule has 2 N–H and O–H groups in total. The first-order chi connectivity index (χ1) is 9.55. The SMILES string of the molecule is CCCC1CC1NC(=O)N1CCCC1(CCC)C(=O)O. The number of nitrogens with zero attached hydrogens (tertiary/aromatic N) is 1. The third kappa shape index (κ3) is 2.76. The molecule has 2 aliphatic rings. The van der Waals surface area contributed by atoms with Crippen LogP contribution in [0.1, 0.15) is 58.8 Å². The van der Waals surface area contributed by atoms with Gasteiger partial charge < -0.3 is 15.3 Å². The molecule has 0 spiro atoms. The average Bonchev–Trinajstić information content (AvgIpc) is 2.97. The van der Waals surface area contributed by atoms with Gasteiger partial charge in [0.2, 0.25) is 0 Å². The molecule has 5 nitrogen and oxygen atoms in total. The Hall–Kier alpha value is -1.26. The Kier molecular flexibility index (Phi) is 4.55. The summed E-state index contributed by atoms with van der Waals surface area (Å²) in [5.74, 6) is -0.259. The van der Waals surface area contributed by atoms with E-state index < -0.39 is 11.5 Å². The Bertz CT molecular complexity index is 385. The number of aliphatic carboxylic acids is 1. The van der Waals surface area contributed by atoms with Crippen LogP contribution in [-0.2, 0) is 4.79 Å². The molecule has 3 atom stereocenters. The van der Waals surface area contributed by atoms with Crippen molar-refractivity contribution in [2.45, 2.75) is 70.4 Å². The Balaban J connectivity index is 1.99. The first-order valence-electron chi connectivity index (χ1n) is 7.86. The Morgan fingerprint density at radius 1 is 1.35 bits per heavy atom. The van der Waals surface area contributed by atoms with E-state index in [-0.39, 0.29) is 12.1 Å². The molecule has 5 heteroatoms. The van der Waals surface area contributed by atoms with Crippen LogP contribution in [0.4, 0.5) is 4.79 Å². The third-order valence-electron chi connectivity index (χ3n) is 4.69. The first-order valence-corrected chi connectivity index (χ1v) is 7.86. The Morgan fingerprint density at radius 2 is 2.10 bits per heavy atom. The van der Waals surface area contributed by atoms with Crippen molar-refractivity contribution in [2.75, 3.05) is 6.54 Å². The molecule has 0 aromatic rings. The molecule has 2 amide bonds. The summed E-state index contributed by atoms with van der Waals surface area (Å²) in [5, 5.41) is 12.6. The maximum Gasteiger partial charge on any atom is 0.329 e. The smallest absolute Gasteiger partial charge is 0.329 e. The molecular weight excluding hydrogens is 256 g/mol. The number of carboxylic acids is 1. The molecule has 0 bridgehead atoms. The molecule has 2 fully saturated rings. The summed E-state index contributed by atoms with van der Waals surface area (Å²) in [7, 11) is 0. The quantitative estimate of drug-likeness (QED) is 0.786. The zero-order chi connectivity index (χ0) is 14.8. The summed E-state index contributed by atoms with van der Waals surface area (Å²) in [4.78, 5) is 25.6. The summed E-state index contributed by atoms with van der Waals surface area (Å²) in [6, 6.07) is 0.0816. The normalized spacial score (nSPS) is 32.2. The van der Waals surface area contributed by atoms with Gasteiger partial charge in [0.1, 0.15) is 5.54 Å². The van der Waals surface area contributed by atoms with Gasteiger partial charge in [0, 0.05) is 12.6 Å². The number of urea groups is 1. The van der Waals surface area contributed by atoms with E-state index in [2.05, 4.69) is 12.2 Å². The lowest BCUT2D eigenvalue weighted by Crippen LogP contribution is -2.56.